The van der Waals surface area contributed by atoms with Crippen LogP contribution in [0.1, 0.15) is 22.8 Å². The third-order valence-corrected chi connectivity index (χ3v) is 2.44. The van der Waals surface area contributed by atoms with Gasteiger partial charge in [-0.15, -0.1) is 0 Å². The molecule has 1 heterocycles. The minimum atomic E-state index is -0.481. The summed E-state index contributed by atoms with van der Waals surface area (Å²) in [5.41, 5.74) is 1.64. The van der Waals surface area contributed by atoms with Crippen LogP contribution < -0.4 is 0 Å². The second-order valence-electron chi connectivity index (χ2n) is 3.31. The third kappa shape index (κ3) is 1.50. The van der Waals surface area contributed by atoms with Crippen molar-refractivity contribution < 1.29 is 9.18 Å². The summed E-state index contributed by atoms with van der Waals surface area (Å²) in [5, 5.41) is 0.416. The number of pyridine rings is 1. The highest BCUT2D eigenvalue weighted by Gasteiger charge is 2.10. The molecule has 0 bridgehead atoms. The van der Waals surface area contributed by atoms with Crippen molar-refractivity contribution in [3.05, 3.63) is 41.3 Å². The summed E-state index contributed by atoms with van der Waals surface area (Å²) in [7, 11) is 0. The molecule has 2 nitrogen and oxygen atoms in total. The maximum atomic E-state index is 13.7. The fraction of sp³-hybridized carbons (Fsp3) is 0.167. The summed E-state index contributed by atoms with van der Waals surface area (Å²) in [4.78, 5) is 14.8. The summed E-state index contributed by atoms with van der Waals surface area (Å²) in [6, 6.07) is 4.88. The van der Waals surface area contributed by atoms with Gasteiger partial charge in [-0.1, -0.05) is 6.92 Å². The Hall–Kier alpha value is -1.77. The molecule has 1 aromatic heterocycles. The van der Waals surface area contributed by atoms with Crippen LogP contribution in [0.5, 0.6) is 0 Å². The Balaban J connectivity index is 2.89. The lowest BCUT2D eigenvalue weighted by atomic mass is 10.0. The minimum absolute atomic E-state index is 0.104. The van der Waals surface area contributed by atoms with Crippen molar-refractivity contribution >= 4 is 17.2 Å². The van der Waals surface area contributed by atoms with Crippen molar-refractivity contribution in [1.29, 1.82) is 0 Å². The summed E-state index contributed by atoms with van der Waals surface area (Å²) >= 11 is 0. The number of fused-ring (bicyclic) bond motifs is 1. The second kappa shape index (κ2) is 3.77. The number of aldehydes is 1. The van der Waals surface area contributed by atoms with Gasteiger partial charge in [-0.2, -0.15) is 0 Å². The van der Waals surface area contributed by atoms with Crippen LogP contribution in [-0.4, -0.2) is 11.3 Å². The minimum Gasteiger partial charge on any atom is -0.298 e. The SMILES string of the molecule is CCc1cc(C=O)c(F)c2cccnc12. The topological polar surface area (TPSA) is 30.0 Å². The Labute approximate surface area is 86.8 Å². The molecule has 0 unspecified atom stereocenters. The molecular formula is C12H10FNO. The molecule has 2 aromatic rings. The number of aryl methyl sites for hydroxylation is 1. The maximum Gasteiger partial charge on any atom is 0.153 e. The lowest BCUT2D eigenvalue weighted by Gasteiger charge is -2.06. The number of aromatic nitrogens is 1. The molecule has 0 N–H and O–H groups in total. The zero-order valence-electron chi connectivity index (χ0n) is 8.33. The number of rotatable bonds is 2. The number of benzene rings is 1. The molecule has 0 saturated carbocycles. The van der Waals surface area contributed by atoms with E-state index in [1.165, 1.54) is 0 Å². The van der Waals surface area contributed by atoms with Crippen molar-refractivity contribution in [1.82, 2.24) is 4.98 Å². The van der Waals surface area contributed by atoms with Crippen LogP contribution in [0.2, 0.25) is 0 Å². The molecule has 76 valence electrons. The smallest absolute Gasteiger partial charge is 0.153 e. The lowest BCUT2D eigenvalue weighted by Crippen LogP contribution is -1.96. The van der Waals surface area contributed by atoms with E-state index in [2.05, 4.69) is 4.98 Å². The number of carbonyl (C=O) groups excluding carboxylic acids is 1. The highest BCUT2D eigenvalue weighted by Crippen LogP contribution is 2.22. The highest BCUT2D eigenvalue weighted by atomic mass is 19.1. The number of nitrogens with zero attached hydrogens (tertiary/aromatic N) is 1. The van der Waals surface area contributed by atoms with Crippen LogP contribution in [0, 0.1) is 5.82 Å². The summed E-state index contributed by atoms with van der Waals surface area (Å²) in [5.74, 6) is -0.481. The molecule has 0 spiro atoms. The number of hydrogen-bond donors (Lipinski definition) is 0. The molecule has 15 heavy (non-hydrogen) atoms. The van der Waals surface area contributed by atoms with Crippen LogP contribution >= 0.6 is 0 Å². The van der Waals surface area contributed by atoms with Crippen LogP contribution in [0.25, 0.3) is 10.9 Å². The Bertz CT molecular complexity index is 522. The van der Waals surface area contributed by atoms with Crippen molar-refractivity contribution in [3.8, 4) is 0 Å². The van der Waals surface area contributed by atoms with Gasteiger partial charge in [0.25, 0.3) is 0 Å². The van der Waals surface area contributed by atoms with Gasteiger partial charge < -0.3 is 0 Å². The molecule has 0 aliphatic heterocycles. The van der Waals surface area contributed by atoms with Crippen molar-refractivity contribution in [2.75, 3.05) is 0 Å². The Morgan fingerprint density at radius 1 is 1.53 bits per heavy atom. The van der Waals surface area contributed by atoms with E-state index in [1.807, 2.05) is 6.92 Å². The Kier molecular flexibility index (Phi) is 2.46. The van der Waals surface area contributed by atoms with Gasteiger partial charge in [-0.05, 0) is 30.2 Å². The van der Waals surface area contributed by atoms with Crippen LogP contribution in [-0.2, 0) is 6.42 Å². The average Bonchev–Trinajstić information content (AvgIpc) is 2.30. The molecule has 0 amide bonds. The third-order valence-electron chi connectivity index (χ3n) is 2.44. The largest absolute Gasteiger partial charge is 0.298 e. The monoisotopic (exact) mass is 203 g/mol. The van der Waals surface area contributed by atoms with Gasteiger partial charge in [0.1, 0.15) is 5.82 Å². The van der Waals surface area contributed by atoms with E-state index in [0.717, 1.165) is 12.0 Å². The summed E-state index contributed by atoms with van der Waals surface area (Å²) in [6.45, 7) is 1.95. The lowest BCUT2D eigenvalue weighted by molar-refractivity contribution is 0.112. The van der Waals surface area contributed by atoms with E-state index in [0.29, 0.717) is 17.2 Å². The molecule has 1 aromatic carbocycles. The molecule has 0 aliphatic rings. The maximum absolute atomic E-state index is 13.7. The van der Waals surface area contributed by atoms with E-state index >= 15 is 0 Å². The van der Waals surface area contributed by atoms with Gasteiger partial charge in [-0.25, -0.2) is 4.39 Å². The predicted octanol–water partition coefficient (Wildman–Crippen LogP) is 2.75. The van der Waals surface area contributed by atoms with E-state index < -0.39 is 5.82 Å². The first-order valence-corrected chi connectivity index (χ1v) is 4.79. The second-order valence-corrected chi connectivity index (χ2v) is 3.31. The Morgan fingerprint density at radius 2 is 2.33 bits per heavy atom. The van der Waals surface area contributed by atoms with Crippen molar-refractivity contribution in [3.63, 3.8) is 0 Å². The zero-order chi connectivity index (χ0) is 10.8. The number of carbonyl (C=O) groups is 1. The quantitative estimate of drug-likeness (QED) is 0.702. The molecule has 0 atom stereocenters. The highest BCUT2D eigenvalue weighted by molar-refractivity contribution is 5.89. The molecule has 0 radical (unpaired) electrons. The van der Waals surface area contributed by atoms with E-state index in [1.54, 1.807) is 24.4 Å². The normalized spacial score (nSPS) is 10.5. The van der Waals surface area contributed by atoms with Crippen LogP contribution in [0.3, 0.4) is 0 Å². The number of hydrogen-bond acceptors (Lipinski definition) is 2. The van der Waals surface area contributed by atoms with Gasteiger partial charge in [0, 0.05) is 11.6 Å². The van der Waals surface area contributed by atoms with Gasteiger partial charge in [0.2, 0.25) is 0 Å². The predicted molar refractivity (Wildman–Crippen MR) is 56.5 cm³/mol. The van der Waals surface area contributed by atoms with Gasteiger partial charge in [-0.3, -0.25) is 9.78 Å². The molecule has 0 aliphatic carbocycles. The average molecular weight is 203 g/mol. The number of halogens is 1. The van der Waals surface area contributed by atoms with Gasteiger partial charge in [0.05, 0.1) is 11.1 Å². The molecular weight excluding hydrogens is 193 g/mol. The standard InChI is InChI=1S/C12H10FNO/c1-2-8-6-9(7-15)11(13)10-4-3-5-14-12(8)10/h3-7H,2H2,1H3. The van der Waals surface area contributed by atoms with Crippen LogP contribution in [0.4, 0.5) is 4.39 Å². The molecule has 2 rings (SSSR count). The Morgan fingerprint density at radius 3 is 3.00 bits per heavy atom. The zero-order valence-corrected chi connectivity index (χ0v) is 8.33. The van der Waals surface area contributed by atoms with Crippen molar-refractivity contribution in [2.24, 2.45) is 0 Å². The summed E-state index contributed by atoms with van der Waals surface area (Å²) < 4.78 is 13.7. The first kappa shape index (κ1) is 9.77. The molecule has 0 fully saturated rings. The van der Waals surface area contributed by atoms with E-state index in [-0.39, 0.29) is 5.56 Å². The van der Waals surface area contributed by atoms with Crippen LogP contribution in [0.15, 0.2) is 24.4 Å². The molecule has 0 saturated heterocycles. The first-order chi connectivity index (χ1) is 7.27. The molecule has 3 heteroatoms. The summed E-state index contributed by atoms with van der Waals surface area (Å²) in [6.07, 6.45) is 2.90. The van der Waals surface area contributed by atoms with Gasteiger partial charge in [0.15, 0.2) is 6.29 Å². The van der Waals surface area contributed by atoms with E-state index in [9.17, 15) is 9.18 Å². The fourth-order valence-corrected chi connectivity index (χ4v) is 1.67. The first-order valence-electron chi connectivity index (χ1n) is 4.79. The van der Waals surface area contributed by atoms with E-state index in [4.69, 9.17) is 0 Å². The van der Waals surface area contributed by atoms with Gasteiger partial charge >= 0.3 is 0 Å². The fourth-order valence-electron chi connectivity index (χ4n) is 1.67. The van der Waals surface area contributed by atoms with Crippen molar-refractivity contribution in [2.45, 2.75) is 13.3 Å².